The summed E-state index contributed by atoms with van der Waals surface area (Å²) in [7, 11) is 0. The molecule has 0 spiro atoms. The van der Waals surface area contributed by atoms with Crippen molar-refractivity contribution in [1.82, 2.24) is 0 Å². The molecule has 0 amide bonds. The Balaban J connectivity index is 1.43. The number of rotatable bonds is 7. The lowest BCUT2D eigenvalue weighted by molar-refractivity contribution is 0.122. The van der Waals surface area contributed by atoms with Crippen LogP contribution in [-0.4, -0.2) is 26.3 Å². The summed E-state index contributed by atoms with van der Waals surface area (Å²) in [5, 5.41) is 4.66. The minimum Gasteiger partial charge on any atom is -0.488 e. The number of nitrogens with one attached hydrogen (secondary N) is 1. The number of benzene rings is 3. The van der Waals surface area contributed by atoms with Crippen LogP contribution in [0.3, 0.4) is 0 Å². The van der Waals surface area contributed by atoms with E-state index in [1.54, 1.807) is 30.3 Å². The van der Waals surface area contributed by atoms with Crippen molar-refractivity contribution >= 4 is 34.6 Å². The molecule has 31 heavy (non-hydrogen) atoms. The van der Waals surface area contributed by atoms with Crippen molar-refractivity contribution in [3.05, 3.63) is 87.7 Å². The van der Waals surface area contributed by atoms with E-state index in [9.17, 15) is 4.39 Å². The van der Waals surface area contributed by atoms with E-state index in [1.807, 2.05) is 24.3 Å². The maximum absolute atomic E-state index is 13.9. The third kappa shape index (κ3) is 5.62. The van der Waals surface area contributed by atoms with Gasteiger partial charge in [0.2, 0.25) is 0 Å². The Labute approximate surface area is 191 Å². The average molecular weight is 461 g/mol. The third-order valence-electron chi connectivity index (χ3n) is 5.15. The van der Waals surface area contributed by atoms with Crippen LogP contribution >= 0.6 is 23.2 Å². The van der Waals surface area contributed by atoms with E-state index >= 15 is 0 Å². The highest BCUT2D eigenvalue weighted by molar-refractivity contribution is 6.33. The van der Waals surface area contributed by atoms with Crippen LogP contribution in [-0.2, 0) is 17.9 Å². The first kappa shape index (κ1) is 21.8. The number of nitrogens with zero attached hydrogens (tertiary/aromatic N) is 1. The van der Waals surface area contributed by atoms with Gasteiger partial charge in [-0.1, -0.05) is 41.4 Å². The van der Waals surface area contributed by atoms with Gasteiger partial charge in [0.1, 0.15) is 18.2 Å². The fraction of sp³-hybridized carbons (Fsp3) is 0.250. The smallest absolute Gasteiger partial charge is 0.129 e. The van der Waals surface area contributed by atoms with Crippen molar-refractivity contribution in [2.75, 3.05) is 36.5 Å². The van der Waals surface area contributed by atoms with E-state index in [0.29, 0.717) is 41.1 Å². The second kappa shape index (κ2) is 10.2. The van der Waals surface area contributed by atoms with Crippen LogP contribution in [0.1, 0.15) is 11.1 Å². The molecule has 3 aromatic rings. The molecular formula is C24H23Cl2FN2O2. The summed E-state index contributed by atoms with van der Waals surface area (Å²) in [4.78, 5) is 2.22. The van der Waals surface area contributed by atoms with Gasteiger partial charge in [-0.15, -0.1) is 0 Å². The Hall–Kier alpha value is -2.47. The van der Waals surface area contributed by atoms with Gasteiger partial charge in [0.05, 0.1) is 23.9 Å². The Morgan fingerprint density at radius 1 is 0.968 bits per heavy atom. The largest absolute Gasteiger partial charge is 0.488 e. The van der Waals surface area contributed by atoms with Crippen LogP contribution in [0, 0.1) is 5.82 Å². The maximum atomic E-state index is 13.9. The van der Waals surface area contributed by atoms with Gasteiger partial charge in [-0.05, 0) is 42.5 Å². The van der Waals surface area contributed by atoms with Gasteiger partial charge in [-0.3, -0.25) is 0 Å². The number of anilines is 2. The first-order chi connectivity index (χ1) is 15.1. The minimum absolute atomic E-state index is 0.140. The van der Waals surface area contributed by atoms with Crippen molar-refractivity contribution in [3.8, 4) is 5.75 Å². The molecule has 4 nitrogen and oxygen atoms in total. The zero-order chi connectivity index (χ0) is 21.6. The molecule has 0 unspecified atom stereocenters. The molecule has 1 fully saturated rings. The van der Waals surface area contributed by atoms with Gasteiger partial charge >= 0.3 is 0 Å². The number of ether oxygens (including phenoxy) is 2. The molecule has 0 bridgehead atoms. The van der Waals surface area contributed by atoms with Crippen molar-refractivity contribution in [2.45, 2.75) is 13.2 Å². The summed E-state index contributed by atoms with van der Waals surface area (Å²) in [6, 6.07) is 17.9. The molecular weight excluding hydrogens is 438 g/mol. The SMILES string of the molecule is Fc1ccccc1COc1ccc(Cl)cc1CNc1ccc(N2CCOCC2)c(Cl)c1. The van der Waals surface area contributed by atoms with Crippen molar-refractivity contribution in [3.63, 3.8) is 0 Å². The lowest BCUT2D eigenvalue weighted by Crippen LogP contribution is -2.36. The Bertz CT molecular complexity index is 1040. The summed E-state index contributed by atoms with van der Waals surface area (Å²) in [6.45, 7) is 3.71. The highest BCUT2D eigenvalue weighted by atomic mass is 35.5. The van der Waals surface area contributed by atoms with Crippen molar-refractivity contribution in [1.29, 1.82) is 0 Å². The average Bonchev–Trinajstić information content (AvgIpc) is 2.78. The molecule has 0 atom stereocenters. The van der Waals surface area contributed by atoms with Crippen LogP contribution in [0.15, 0.2) is 60.7 Å². The van der Waals surface area contributed by atoms with Crippen LogP contribution in [0.5, 0.6) is 5.75 Å². The second-order valence-electron chi connectivity index (χ2n) is 7.25. The predicted molar refractivity (Wildman–Crippen MR) is 124 cm³/mol. The number of hydrogen-bond acceptors (Lipinski definition) is 4. The molecule has 1 aliphatic heterocycles. The second-order valence-corrected chi connectivity index (χ2v) is 8.09. The fourth-order valence-electron chi connectivity index (χ4n) is 3.47. The van der Waals surface area contributed by atoms with Gasteiger partial charge in [0, 0.05) is 41.5 Å². The Morgan fingerprint density at radius 2 is 1.77 bits per heavy atom. The van der Waals surface area contributed by atoms with E-state index in [-0.39, 0.29) is 12.4 Å². The summed E-state index contributed by atoms with van der Waals surface area (Å²) < 4.78 is 25.2. The van der Waals surface area contributed by atoms with Crippen molar-refractivity contribution in [2.24, 2.45) is 0 Å². The number of morpholine rings is 1. The molecule has 7 heteroatoms. The van der Waals surface area contributed by atoms with Crippen LogP contribution < -0.4 is 15.0 Å². The molecule has 0 radical (unpaired) electrons. The predicted octanol–water partition coefficient (Wildman–Crippen LogP) is 6.16. The molecule has 0 aliphatic carbocycles. The lowest BCUT2D eigenvalue weighted by Gasteiger charge is -2.29. The van der Waals surface area contributed by atoms with E-state index in [4.69, 9.17) is 32.7 Å². The van der Waals surface area contributed by atoms with Gasteiger partial charge in [0.15, 0.2) is 0 Å². The van der Waals surface area contributed by atoms with E-state index in [2.05, 4.69) is 10.2 Å². The first-order valence-electron chi connectivity index (χ1n) is 10.1. The monoisotopic (exact) mass is 460 g/mol. The van der Waals surface area contributed by atoms with Crippen LogP contribution in [0.4, 0.5) is 15.8 Å². The standard InChI is InChI=1S/C24H23Cl2FN2O2/c25-19-5-8-24(31-16-17-3-1-2-4-22(17)27)18(13-19)15-28-20-6-7-23(21(26)14-20)29-9-11-30-12-10-29/h1-8,13-14,28H,9-12,15-16H2. The quantitative estimate of drug-likeness (QED) is 0.457. The highest BCUT2D eigenvalue weighted by Gasteiger charge is 2.14. The van der Waals surface area contributed by atoms with Gasteiger partial charge in [-0.25, -0.2) is 4.39 Å². The zero-order valence-electron chi connectivity index (χ0n) is 16.9. The first-order valence-corrected chi connectivity index (χ1v) is 10.9. The molecule has 0 saturated carbocycles. The van der Waals surface area contributed by atoms with Gasteiger partial charge in [-0.2, -0.15) is 0 Å². The lowest BCUT2D eigenvalue weighted by atomic mass is 10.1. The molecule has 1 aliphatic rings. The van der Waals surface area contributed by atoms with E-state index in [1.165, 1.54) is 6.07 Å². The fourth-order valence-corrected chi connectivity index (χ4v) is 3.97. The maximum Gasteiger partial charge on any atom is 0.129 e. The van der Waals surface area contributed by atoms with Crippen LogP contribution in [0.25, 0.3) is 0 Å². The molecule has 0 aromatic heterocycles. The highest BCUT2D eigenvalue weighted by Crippen LogP contribution is 2.31. The summed E-state index contributed by atoms with van der Waals surface area (Å²) in [5.41, 5.74) is 3.27. The molecule has 1 heterocycles. The molecule has 3 aromatic carbocycles. The normalized spacial score (nSPS) is 13.8. The van der Waals surface area contributed by atoms with E-state index in [0.717, 1.165) is 30.0 Å². The van der Waals surface area contributed by atoms with Crippen LogP contribution in [0.2, 0.25) is 10.0 Å². The molecule has 162 valence electrons. The zero-order valence-corrected chi connectivity index (χ0v) is 18.4. The summed E-state index contributed by atoms with van der Waals surface area (Å²) >= 11 is 12.7. The Kier molecular flexibility index (Phi) is 7.17. The summed E-state index contributed by atoms with van der Waals surface area (Å²) in [5.74, 6) is 0.363. The topological polar surface area (TPSA) is 33.7 Å². The molecule has 4 rings (SSSR count). The molecule has 1 saturated heterocycles. The minimum atomic E-state index is -0.286. The number of hydrogen-bond donors (Lipinski definition) is 1. The van der Waals surface area contributed by atoms with Gasteiger partial charge < -0.3 is 19.7 Å². The Morgan fingerprint density at radius 3 is 2.55 bits per heavy atom. The number of halogens is 3. The molecule has 1 N–H and O–H groups in total. The third-order valence-corrected chi connectivity index (χ3v) is 5.68. The summed E-state index contributed by atoms with van der Waals surface area (Å²) in [6.07, 6.45) is 0. The van der Waals surface area contributed by atoms with Gasteiger partial charge in [0.25, 0.3) is 0 Å². The van der Waals surface area contributed by atoms with E-state index < -0.39 is 0 Å². The van der Waals surface area contributed by atoms with Crippen molar-refractivity contribution < 1.29 is 13.9 Å².